The Labute approximate surface area is 107 Å². The van der Waals surface area contributed by atoms with Crippen LogP contribution < -0.4 is 16.4 Å². The van der Waals surface area contributed by atoms with Gasteiger partial charge in [-0.15, -0.1) is 0 Å². The van der Waals surface area contributed by atoms with Crippen molar-refractivity contribution in [2.24, 2.45) is 5.73 Å². The molecule has 0 atom stereocenters. The van der Waals surface area contributed by atoms with Gasteiger partial charge in [0.2, 0.25) is 11.8 Å². The number of rotatable bonds is 3. The maximum Gasteiger partial charge on any atom is 0.418 e. The van der Waals surface area contributed by atoms with Crippen LogP contribution in [0.5, 0.6) is 0 Å². The van der Waals surface area contributed by atoms with E-state index >= 15 is 0 Å². The van der Waals surface area contributed by atoms with Crippen LogP contribution in [0.15, 0.2) is 18.2 Å². The largest absolute Gasteiger partial charge is 0.418 e. The lowest BCUT2D eigenvalue weighted by atomic mass is 10.1. The Kier molecular flexibility index (Phi) is 4.49. The number of nitrogens with two attached hydrogens (primary N) is 1. The number of nitrogens with one attached hydrogen (secondary N) is 2. The molecule has 0 saturated carbocycles. The Bertz CT molecular complexity index is 500. The highest BCUT2D eigenvalue weighted by Gasteiger charge is 2.34. The van der Waals surface area contributed by atoms with E-state index in [-0.39, 0.29) is 5.69 Å². The monoisotopic (exact) mass is 275 g/mol. The van der Waals surface area contributed by atoms with E-state index in [1.54, 1.807) is 0 Å². The summed E-state index contributed by atoms with van der Waals surface area (Å²) in [6, 6.07) is 3.05. The number of halogens is 3. The van der Waals surface area contributed by atoms with Crippen molar-refractivity contribution < 1.29 is 22.8 Å². The van der Waals surface area contributed by atoms with Crippen molar-refractivity contribution >= 4 is 23.2 Å². The zero-order valence-corrected chi connectivity index (χ0v) is 9.97. The molecule has 0 aromatic heterocycles. The summed E-state index contributed by atoms with van der Waals surface area (Å²) in [6.45, 7) is 0.752. The van der Waals surface area contributed by atoms with E-state index in [0.29, 0.717) is 0 Å². The van der Waals surface area contributed by atoms with Crippen LogP contribution in [0, 0.1) is 0 Å². The Morgan fingerprint density at radius 2 is 1.89 bits per heavy atom. The molecule has 0 unspecified atom stereocenters. The number of hydrogen-bond donors (Lipinski definition) is 3. The fourth-order valence-electron chi connectivity index (χ4n) is 1.37. The molecule has 104 valence electrons. The number of carbonyl (C=O) groups excluding carboxylic acids is 2. The smallest absolute Gasteiger partial charge is 0.326 e. The molecule has 0 aliphatic heterocycles. The summed E-state index contributed by atoms with van der Waals surface area (Å²) in [6.07, 6.45) is -4.66. The lowest BCUT2D eigenvalue weighted by Gasteiger charge is -2.15. The summed E-state index contributed by atoms with van der Waals surface area (Å²) < 4.78 is 38.5. The van der Waals surface area contributed by atoms with Crippen LogP contribution >= 0.6 is 0 Å². The van der Waals surface area contributed by atoms with E-state index in [2.05, 4.69) is 10.6 Å². The van der Waals surface area contributed by atoms with Crippen LogP contribution in [0.4, 0.5) is 24.5 Å². The summed E-state index contributed by atoms with van der Waals surface area (Å²) in [5.74, 6) is -1.23. The molecular weight excluding hydrogens is 263 g/mol. The van der Waals surface area contributed by atoms with Gasteiger partial charge in [0, 0.05) is 12.6 Å². The average molecular weight is 275 g/mol. The highest BCUT2D eigenvalue weighted by molar-refractivity contribution is 5.94. The average Bonchev–Trinajstić information content (AvgIpc) is 2.28. The van der Waals surface area contributed by atoms with Crippen LogP contribution in [0.3, 0.4) is 0 Å². The first-order valence-electron chi connectivity index (χ1n) is 5.23. The number of benzene rings is 1. The number of anilines is 2. The number of alkyl halides is 3. The SMILES string of the molecule is CC(=O)Nc1ccc(NC(=O)CN)c(C(F)(F)F)c1. The fourth-order valence-corrected chi connectivity index (χ4v) is 1.37. The molecule has 0 aliphatic carbocycles. The molecule has 0 heterocycles. The highest BCUT2D eigenvalue weighted by Crippen LogP contribution is 2.36. The predicted molar refractivity (Wildman–Crippen MR) is 63.4 cm³/mol. The van der Waals surface area contributed by atoms with Crippen LogP contribution in [-0.4, -0.2) is 18.4 Å². The quantitative estimate of drug-likeness (QED) is 0.782. The van der Waals surface area contributed by atoms with Gasteiger partial charge in [0.15, 0.2) is 0 Å². The minimum absolute atomic E-state index is 0.00873. The van der Waals surface area contributed by atoms with Gasteiger partial charge >= 0.3 is 6.18 Å². The summed E-state index contributed by atoms with van der Waals surface area (Å²) in [5.41, 5.74) is 3.56. The molecule has 0 fully saturated rings. The molecule has 1 aromatic carbocycles. The second-order valence-electron chi connectivity index (χ2n) is 3.69. The van der Waals surface area contributed by atoms with Crippen molar-refractivity contribution in [1.29, 1.82) is 0 Å². The molecule has 1 rings (SSSR count). The third kappa shape index (κ3) is 4.25. The molecule has 1 aromatic rings. The minimum atomic E-state index is -4.66. The third-order valence-corrected chi connectivity index (χ3v) is 2.10. The van der Waals surface area contributed by atoms with Crippen molar-refractivity contribution in [1.82, 2.24) is 0 Å². The van der Waals surface area contributed by atoms with E-state index in [1.807, 2.05) is 0 Å². The molecule has 5 nitrogen and oxygen atoms in total. The Morgan fingerprint density at radius 1 is 1.26 bits per heavy atom. The second-order valence-corrected chi connectivity index (χ2v) is 3.69. The number of carbonyl (C=O) groups is 2. The molecule has 0 radical (unpaired) electrons. The van der Waals surface area contributed by atoms with Crippen LogP contribution in [0.2, 0.25) is 0 Å². The van der Waals surface area contributed by atoms with Gasteiger partial charge in [0.1, 0.15) is 0 Å². The normalized spacial score (nSPS) is 11.0. The Morgan fingerprint density at radius 3 is 2.37 bits per heavy atom. The van der Waals surface area contributed by atoms with Crippen LogP contribution in [-0.2, 0) is 15.8 Å². The fraction of sp³-hybridized carbons (Fsp3) is 0.273. The van der Waals surface area contributed by atoms with E-state index in [0.717, 1.165) is 12.1 Å². The molecule has 0 aliphatic rings. The third-order valence-electron chi connectivity index (χ3n) is 2.10. The summed E-state index contributed by atoms with van der Waals surface area (Å²) in [7, 11) is 0. The van der Waals surface area contributed by atoms with Crippen molar-refractivity contribution in [3.05, 3.63) is 23.8 Å². The van der Waals surface area contributed by atoms with Gasteiger partial charge < -0.3 is 16.4 Å². The summed E-state index contributed by atoms with van der Waals surface area (Å²) >= 11 is 0. The molecule has 2 amide bonds. The molecule has 19 heavy (non-hydrogen) atoms. The van der Waals surface area contributed by atoms with Crippen LogP contribution in [0.1, 0.15) is 12.5 Å². The maximum absolute atomic E-state index is 12.8. The van der Waals surface area contributed by atoms with Gasteiger partial charge in [-0.2, -0.15) is 13.2 Å². The Hall–Kier alpha value is -2.09. The summed E-state index contributed by atoms with van der Waals surface area (Å²) in [5, 5.41) is 4.29. The second kappa shape index (κ2) is 5.70. The van der Waals surface area contributed by atoms with Gasteiger partial charge in [0.05, 0.1) is 17.8 Å². The highest BCUT2D eigenvalue weighted by atomic mass is 19.4. The maximum atomic E-state index is 12.8. The first-order valence-corrected chi connectivity index (χ1v) is 5.23. The van der Waals surface area contributed by atoms with Gasteiger partial charge in [-0.25, -0.2) is 0 Å². The summed E-state index contributed by atoms with van der Waals surface area (Å²) in [4.78, 5) is 21.9. The van der Waals surface area contributed by atoms with Crippen molar-refractivity contribution in [2.75, 3.05) is 17.2 Å². The Balaban J connectivity index is 3.17. The molecule has 0 bridgehead atoms. The van der Waals surface area contributed by atoms with E-state index in [1.165, 1.54) is 13.0 Å². The van der Waals surface area contributed by atoms with Gasteiger partial charge in [-0.3, -0.25) is 9.59 Å². The number of amides is 2. The zero-order valence-electron chi connectivity index (χ0n) is 9.97. The predicted octanol–water partition coefficient (Wildman–Crippen LogP) is 1.56. The minimum Gasteiger partial charge on any atom is -0.326 e. The van der Waals surface area contributed by atoms with Crippen molar-refractivity contribution in [3.63, 3.8) is 0 Å². The standard InChI is InChI=1S/C11H12F3N3O2/c1-6(18)16-7-2-3-9(17-10(19)5-15)8(4-7)11(12,13)14/h2-4H,5,15H2,1H3,(H,16,18)(H,17,19). The zero-order chi connectivity index (χ0) is 14.6. The van der Waals surface area contributed by atoms with Gasteiger partial charge in [0.25, 0.3) is 0 Å². The van der Waals surface area contributed by atoms with Crippen LogP contribution in [0.25, 0.3) is 0 Å². The van der Waals surface area contributed by atoms with E-state index in [9.17, 15) is 22.8 Å². The first-order chi connectivity index (χ1) is 8.74. The lowest BCUT2D eigenvalue weighted by molar-refractivity contribution is -0.137. The molecule has 4 N–H and O–H groups in total. The topological polar surface area (TPSA) is 84.2 Å². The number of hydrogen-bond acceptors (Lipinski definition) is 3. The van der Waals surface area contributed by atoms with E-state index < -0.39 is 35.8 Å². The van der Waals surface area contributed by atoms with Gasteiger partial charge in [-0.05, 0) is 18.2 Å². The van der Waals surface area contributed by atoms with Crippen molar-refractivity contribution in [2.45, 2.75) is 13.1 Å². The van der Waals surface area contributed by atoms with Gasteiger partial charge in [-0.1, -0.05) is 0 Å². The first kappa shape index (κ1) is 15.0. The molecule has 0 spiro atoms. The molecule has 0 saturated heterocycles. The molecular formula is C11H12F3N3O2. The van der Waals surface area contributed by atoms with E-state index in [4.69, 9.17) is 5.73 Å². The lowest BCUT2D eigenvalue weighted by Crippen LogP contribution is -2.23. The molecule has 8 heteroatoms. The van der Waals surface area contributed by atoms with Crippen molar-refractivity contribution in [3.8, 4) is 0 Å².